The minimum Gasteiger partial charge on any atom is -0.487 e. The van der Waals surface area contributed by atoms with Crippen LogP contribution < -0.4 is 10.1 Å². The van der Waals surface area contributed by atoms with Gasteiger partial charge in [-0.15, -0.1) is 11.3 Å². The number of thiazole rings is 1. The van der Waals surface area contributed by atoms with Crippen LogP contribution in [0.25, 0.3) is 21.8 Å². The highest BCUT2D eigenvalue weighted by Crippen LogP contribution is 2.35. The zero-order valence-electron chi connectivity index (χ0n) is 12.1. The molecule has 1 unspecified atom stereocenters. The maximum atomic E-state index is 5.81. The fraction of sp³-hybridized carbons (Fsp3) is 0.176. The third-order valence-corrected chi connectivity index (χ3v) is 4.51. The van der Waals surface area contributed by atoms with Crippen LogP contribution in [0.3, 0.4) is 0 Å². The zero-order valence-corrected chi connectivity index (χ0v) is 12.9. The summed E-state index contributed by atoms with van der Waals surface area (Å²) in [4.78, 5) is 8.78. The van der Waals surface area contributed by atoms with Crippen molar-refractivity contribution in [3.05, 3.63) is 48.1 Å². The molecule has 1 N–H and O–H groups in total. The third-order valence-electron chi connectivity index (χ3n) is 3.61. The van der Waals surface area contributed by atoms with E-state index >= 15 is 0 Å². The van der Waals surface area contributed by atoms with Crippen LogP contribution in [0.4, 0.5) is 5.69 Å². The van der Waals surface area contributed by atoms with Crippen molar-refractivity contribution < 1.29 is 4.74 Å². The Labute approximate surface area is 132 Å². The van der Waals surface area contributed by atoms with Gasteiger partial charge in [-0.2, -0.15) is 0 Å². The van der Waals surface area contributed by atoms with Crippen molar-refractivity contribution in [2.75, 3.05) is 11.9 Å². The van der Waals surface area contributed by atoms with Gasteiger partial charge in [0.15, 0.2) is 0 Å². The molecule has 2 aromatic heterocycles. The number of fused-ring (bicyclic) bond motifs is 1. The second-order valence-corrected chi connectivity index (χ2v) is 6.15. The van der Waals surface area contributed by atoms with Crippen molar-refractivity contribution in [2.24, 2.45) is 0 Å². The molecule has 0 fully saturated rings. The maximum absolute atomic E-state index is 5.81. The van der Waals surface area contributed by atoms with E-state index in [0.29, 0.717) is 0 Å². The quantitative estimate of drug-likeness (QED) is 0.775. The van der Waals surface area contributed by atoms with Crippen molar-refractivity contribution in [1.29, 1.82) is 0 Å². The Bertz CT molecular complexity index is 801. The van der Waals surface area contributed by atoms with E-state index in [0.717, 1.165) is 39.8 Å². The topological polar surface area (TPSA) is 47.0 Å². The van der Waals surface area contributed by atoms with Gasteiger partial charge >= 0.3 is 0 Å². The minimum atomic E-state index is 0.205. The molecule has 1 aliphatic heterocycles. The van der Waals surface area contributed by atoms with E-state index < -0.39 is 0 Å². The van der Waals surface area contributed by atoms with E-state index in [1.165, 1.54) is 0 Å². The van der Waals surface area contributed by atoms with Crippen molar-refractivity contribution in [3.63, 3.8) is 0 Å². The van der Waals surface area contributed by atoms with Crippen LogP contribution in [0.2, 0.25) is 0 Å². The Morgan fingerprint density at radius 2 is 2.05 bits per heavy atom. The first-order valence-electron chi connectivity index (χ1n) is 7.20. The smallest absolute Gasteiger partial charge is 0.142 e. The first-order chi connectivity index (χ1) is 10.8. The molecule has 0 spiro atoms. The Hall–Kier alpha value is -2.40. The standard InChI is InChI=1S/C17H15N3OS/c1-11-9-19-14-8-13(2-3-16(14)21-11)17-20-15(10-22-17)12-4-6-18-7-5-12/h2-8,10-11,19H,9H2,1H3. The lowest BCUT2D eigenvalue weighted by atomic mass is 10.1. The maximum Gasteiger partial charge on any atom is 0.142 e. The normalized spacial score (nSPS) is 16.5. The van der Waals surface area contributed by atoms with Gasteiger partial charge in [-0.25, -0.2) is 4.98 Å². The molecule has 4 nitrogen and oxygen atoms in total. The molecule has 22 heavy (non-hydrogen) atoms. The summed E-state index contributed by atoms with van der Waals surface area (Å²) in [5.74, 6) is 0.911. The predicted molar refractivity (Wildman–Crippen MR) is 89.4 cm³/mol. The molecule has 5 heteroatoms. The predicted octanol–water partition coefficient (Wildman–Crippen LogP) is 4.06. The number of ether oxygens (including phenoxy) is 1. The molecule has 0 aliphatic carbocycles. The second kappa shape index (κ2) is 5.42. The lowest BCUT2D eigenvalue weighted by molar-refractivity contribution is 0.226. The molecule has 0 amide bonds. The number of pyridine rings is 1. The van der Waals surface area contributed by atoms with Gasteiger partial charge in [0.25, 0.3) is 0 Å². The highest BCUT2D eigenvalue weighted by molar-refractivity contribution is 7.13. The Morgan fingerprint density at radius 3 is 2.91 bits per heavy atom. The van der Waals surface area contributed by atoms with Crippen molar-refractivity contribution >= 4 is 17.0 Å². The Morgan fingerprint density at radius 1 is 1.18 bits per heavy atom. The molecule has 1 aromatic carbocycles. The van der Waals surface area contributed by atoms with Crippen molar-refractivity contribution in [2.45, 2.75) is 13.0 Å². The lowest BCUT2D eigenvalue weighted by Gasteiger charge is -2.25. The molecular weight excluding hydrogens is 294 g/mol. The summed E-state index contributed by atoms with van der Waals surface area (Å²) in [6.45, 7) is 2.89. The molecule has 0 bridgehead atoms. The van der Waals surface area contributed by atoms with Gasteiger partial charge in [-0.3, -0.25) is 4.98 Å². The summed E-state index contributed by atoms with van der Waals surface area (Å²) in [6.07, 6.45) is 3.78. The molecule has 1 atom stereocenters. The van der Waals surface area contributed by atoms with Crippen LogP contribution in [0.15, 0.2) is 48.1 Å². The van der Waals surface area contributed by atoms with Gasteiger partial charge in [-0.1, -0.05) is 0 Å². The first kappa shape index (κ1) is 13.3. The van der Waals surface area contributed by atoms with Crippen LogP contribution in [0.1, 0.15) is 6.92 Å². The van der Waals surface area contributed by atoms with E-state index in [4.69, 9.17) is 9.72 Å². The fourth-order valence-corrected chi connectivity index (χ4v) is 3.30. The largest absolute Gasteiger partial charge is 0.487 e. The molecule has 0 saturated heterocycles. The van der Waals surface area contributed by atoms with Crippen molar-refractivity contribution in [1.82, 2.24) is 9.97 Å². The molecule has 0 radical (unpaired) electrons. The van der Waals surface area contributed by atoms with Gasteiger partial charge in [0.1, 0.15) is 16.9 Å². The minimum absolute atomic E-state index is 0.205. The lowest BCUT2D eigenvalue weighted by Crippen LogP contribution is -2.27. The number of rotatable bonds is 2. The molecule has 110 valence electrons. The number of hydrogen-bond donors (Lipinski definition) is 1. The molecule has 0 saturated carbocycles. The summed E-state index contributed by atoms with van der Waals surface area (Å²) in [7, 11) is 0. The highest BCUT2D eigenvalue weighted by atomic mass is 32.1. The van der Waals surface area contributed by atoms with E-state index in [9.17, 15) is 0 Å². The number of nitrogens with zero attached hydrogens (tertiary/aromatic N) is 2. The second-order valence-electron chi connectivity index (χ2n) is 5.29. The van der Waals surface area contributed by atoms with Crippen LogP contribution in [0, 0.1) is 0 Å². The van der Waals surface area contributed by atoms with E-state index in [1.807, 2.05) is 18.2 Å². The summed E-state index contributed by atoms with van der Waals surface area (Å²) in [5.41, 5.74) is 4.22. The first-order valence-corrected chi connectivity index (χ1v) is 8.08. The SMILES string of the molecule is CC1CNc2cc(-c3nc(-c4ccncc4)cs3)ccc2O1. The highest BCUT2D eigenvalue weighted by Gasteiger charge is 2.16. The average molecular weight is 309 g/mol. The summed E-state index contributed by atoms with van der Waals surface area (Å²) in [5, 5.41) is 6.49. The van der Waals surface area contributed by atoms with Crippen LogP contribution in [-0.4, -0.2) is 22.6 Å². The third kappa shape index (κ3) is 2.44. The Balaban J connectivity index is 1.67. The van der Waals surface area contributed by atoms with Gasteiger partial charge < -0.3 is 10.1 Å². The van der Waals surface area contributed by atoms with Crippen LogP contribution in [-0.2, 0) is 0 Å². The van der Waals surface area contributed by atoms with Crippen LogP contribution in [0.5, 0.6) is 5.75 Å². The molecule has 3 aromatic rings. The van der Waals surface area contributed by atoms with Gasteiger partial charge in [0.05, 0.1) is 17.9 Å². The summed E-state index contributed by atoms with van der Waals surface area (Å²) in [6, 6.07) is 10.1. The van der Waals surface area contributed by atoms with E-state index in [2.05, 4.69) is 34.7 Å². The van der Waals surface area contributed by atoms with Gasteiger partial charge in [-0.05, 0) is 37.3 Å². The van der Waals surface area contributed by atoms with Gasteiger partial charge in [0, 0.05) is 28.9 Å². The number of nitrogens with one attached hydrogen (secondary N) is 1. The van der Waals surface area contributed by atoms with E-state index in [-0.39, 0.29) is 6.10 Å². The number of aromatic nitrogens is 2. The average Bonchev–Trinajstić information content (AvgIpc) is 3.05. The van der Waals surface area contributed by atoms with Crippen LogP contribution >= 0.6 is 11.3 Å². The summed E-state index contributed by atoms with van der Waals surface area (Å²) < 4.78 is 5.81. The van der Waals surface area contributed by atoms with E-state index in [1.54, 1.807) is 23.7 Å². The fourth-order valence-electron chi connectivity index (χ4n) is 2.48. The number of anilines is 1. The monoisotopic (exact) mass is 309 g/mol. The van der Waals surface area contributed by atoms with Crippen molar-refractivity contribution in [3.8, 4) is 27.6 Å². The summed E-state index contributed by atoms with van der Waals surface area (Å²) >= 11 is 1.65. The molecule has 4 rings (SSSR count). The molecule has 3 heterocycles. The number of hydrogen-bond acceptors (Lipinski definition) is 5. The Kier molecular flexibility index (Phi) is 3.27. The number of benzene rings is 1. The molecular formula is C17H15N3OS. The van der Waals surface area contributed by atoms with Gasteiger partial charge in [0.2, 0.25) is 0 Å². The molecule has 1 aliphatic rings. The zero-order chi connectivity index (χ0) is 14.9.